The third-order valence-corrected chi connectivity index (χ3v) is 8.01. The number of phenols is 1. The van der Waals surface area contributed by atoms with E-state index in [1.165, 1.54) is 0 Å². The minimum Gasteiger partial charge on any atom is -0.508 e. The Bertz CT molecular complexity index is 835. The van der Waals surface area contributed by atoms with Gasteiger partial charge in [-0.3, -0.25) is 0 Å². The summed E-state index contributed by atoms with van der Waals surface area (Å²) >= 11 is 0. The molecule has 0 spiro atoms. The van der Waals surface area contributed by atoms with Gasteiger partial charge in [-0.1, -0.05) is 46.7 Å². The fourth-order valence-electron chi connectivity index (χ4n) is 4.69. The normalized spacial score (nSPS) is 33.4. The molecule has 4 atom stereocenters. The van der Waals surface area contributed by atoms with Gasteiger partial charge in [-0.15, -0.1) is 0 Å². The van der Waals surface area contributed by atoms with Crippen molar-refractivity contribution < 1.29 is 14.3 Å². The number of phenolic OH excluding ortho intramolecular Hbond substituents is 1. The average molecular weight is 383 g/mol. The predicted molar refractivity (Wildman–Crippen MR) is 116 cm³/mol. The summed E-state index contributed by atoms with van der Waals surface area (Å²) in [6, 6.07) is -0.313. The molecule has 3 heteroatoms. The standard InChI is InChI=1S/C24H41NO2/c1-9-25(8)15-14-23(7,20-10-11-21(26)17(2)16-20)24(27)13-12-18(3)22(5,6)19(24)4/h10-11,16,18-19,26-27H,9,12-15H2,1-8H3/p+1/i10D,11D,16D,27D/hD2. The molecule has 0 heterocycles. The quantitative estimate of drug-likeness (QED) is 0.653. The molecule has 3 nitrogen and oxygen atoms in total. The largest absolute Gasteiger partial charge is 0.508 e. The molecule has 1 saturated carbocycles. The highest BCUT2D eigenvalue weighted by Crippen LogP contribution is 2.57. The van der Waals surface area contributed by atoms with Gasteiger partial charge < -0.3 is 15.1 Å². The van der Waals surface area contributed by atoms with Gasteiger partial charge in [0.15, 0.2) is 5.60 Å². The van der Waals surface area contributed by atoms with Crippen LogP contribution in [-0.2, 0) is 5.41 Å². The first-order chi connectivity index (χ1) is 15.1. The smallest absolute Gasteiger partial charge is 0.487 e. The van der Waals surface area contributed by atoms with E-state index < -0.39 is 11.0 Å². The van der Waals surface area contributed by atoms with E-state index in [0.717, 1.165) is 13.0 Å². The van der Waals surface area contributed by atoms with Gasteiger partial charge in [-0.2, -0.15) is 0 Å². The van der Waals surface area contributed by atoms with Crippen LogP contribution in [0.25, 0.3) is 0 Å². The lowest BCUT2D eigenvalue weighted by Gasteiger charge is -2.55. The highest BCUT2D eigenvalue weighted by Gasteiger charge is 2.62. The van der Waals surface area contributed by atoms with Crippen molar-refractivity contribution in [3.05, 3.63) is 29.3 Å². The first kappa shape index (κ1) is 14.9. The number of aromatic hydroxyl groups is 1. The molecule has 1 fully saturated rings. The van der Waals surface area contributed by atoms with Gasteiger partial charge in [-0.05, 0) is 75.3 Å². The number of benzene rings is 1. The Balaban J connectivity index is 2.94. The second kappa shape index (κ2) is 7.75. The lowest BCUT2D eigenvalue weighted by molar-refractivity contribution is -0.161. The molecule has 0 radical (unpaired) electrons. The summed E-state index contributed by atoms with van der Waals surface area (Å²) in [5.74, 6) is 0.191. The van der Waals surface area contributed by atoms with Crippen LogP contribution in [0.5, 0.6) is 5.75 Å². The molecule has 4 unspecified atom stereocenters. The van der Waals surface area contributed by atoms with E-state index in [2.05, 4.69) is 44.6 Å². The van der Waals surface area contributed by atoms with Gasteiger partial charge in [0.05, 0.1) is 9.53 Å². The van der Waals surface area contributed by atoms with E-state index in [-0.39, 0.29) is 35.2 Å². The van der Waals surface area contributed by atoms with Crippen LogP contribution < -0.4 is 0 Å². The molecule has 2 rings (SSSR count). The summed E-state index contributed by atoms with van der Waals surface area (Å²) in [6.45, 7) is 15.8. The van der Waals surface area contributed by atoms with Crippen molar-refractivity contribution in [1.29, 1.82) is 4.29 Å². The summed E-state index contributed by atoms with van der Waals surface area (Å²) in [5, 5.41) is 6.49. The number of nitrogens with zero attached hydrogens (tertiary/aromatic N) is 1. The summed E-state index contributed by atoms with van der Waals surface area (Å²) in [7, 11) is 2.01. The summed E-state index contributed by atoms with van der Waals surface area (Å²) in [6.07, 6.45) is 1.90. The van der Waals surface area contributed by atoms with E-state index in [4.69, 9.17) is 8.41 Å². The Morgan fingerprint density at radius 3 is 2.74 bits per heavy atom. The van der Waals surface area contributed by atoms with Crippen LogP contribution in [0.15, 0.2) is 18.1 Å². The molecule has 154 valence electrons. The van der Waals surface area contributed by atoms with Crippen LogP contribution >= 0.6 is 0 Å². The fraction of sp³-hybridized carbons (Fsp3) is 0.750. The summed E-state index contributed by atoms with van der Waals surface area (Å²) in [5.41, 5.74) is -1.49. The van der Waals surface area contributed by atoms with E-state index in [1.54, 1.807) is 6.92 Å². The molecule has 1 aliphatic carbocycles. The summed E-state index contributed by atoms with van der Waals surface area (Å²) < 4.78 is 51.0. The average Bonchev–Trinajstić information content (AvgIpc) is 2.75. The Hall–Kier alpha value is -1.06. The molecular formula is C24H42NO2+. The highest BCUT2D eigenvalue weighted by atomic mass is 16.3. The van der Waals surface area contributed by atoms with E-state index in [9.17, 15) is 0 Å². The van der Waals surface area contributed by atoms with Crippen molar-refractivity contribution in [2.45, 2.75) is 78.7 Å². The monoisotopic (exact) mass is 382 g/mol. The van der Waals surface area contributed by atoms with Crippen molar-refractivity contribution in [3.8, 4) is 5.75 Å². The molecule has 3 N–H and O–H groups in total. The third kappa shape index (κ3) is 3.78. The molecular weight excluding hydrogens is 334 g/mol. The Morgan fingerprint density at radius 1 is 1.44 bits per heavy atom. The van der Waals surface area contributed by atoms with Crippen molar-refractivity contribution in [3.63, 3.8) is 0 Å². The second-order valence-electron chi connectivity index (χ2n) is 9.55. The maximum absolute atomic E-state index is 8.98. The zero-order valence-corrected chi connectivity index (χ0v) is 18.5. The van der Waals surface area contributed by atoms with E-state index in [0.29, 0.717) is 36.4 Å². The van der Waals surface area contributed by atoms with Crippen LogP contribution in [0.1, 0.15) is 76.0 Å². The van der Waals surface area contributed by atoms with Crippen molar-refractivity contribution >= 4 is 0 Å². The van der Waals surface area contributed by atoms with Crippen LogP contribution in [-0.4, -0.2) is 45.2 Å². The van der Waals surface area contributed by atoms with Crippen molar-refractivity contribution in [1.82, 2.24) is 4.90 Å². The minimum absolute atomic E-state index is 0.0605. The first-order valence-electron chi connectivity index (χ1n) is 13.1. The molecule has 0 aromatic heterocycles. The predicted octanol–water partition coefficient (Wildman–Crippen LogP) is 4.86. The van der Waals surface area contributed by atoms with Gasteiger partial charge in [0.1, 0.15) is 5.75 Å². The maximum Gasteiger partial charge on any atom is 0.487 e. The van der Waals surface area contributed by atoms with Crippen LogP contribution in [0.4, 0.5) is 0 Å². The summed E-state index contributed by atoms with van der Waals surface area (Å²) in [4.78, 5) is 2.15. The number of rotatable bonds is 8. The fourth-order valence-corrected chi connectivity index (χ4v) is 4.69. The maximum atomic E-state index is 8.98. The molecule has 1 aliphatic rings. The minimum atomic E-state index is -1.05. The second-order valence-corrected chi connectivity index (χ2v) is 9.55. The van der Waals surface area contributed by atoms with Gasteiger partial charge in [0.2, 0.25) is 0 Å². The number of hydrogen-bond acceptors (Lipinski definition) is 2. The van der Waals surface area contributed by atoms with Crippen LogP contribution in [0.2, 0.25) is 0 Å². The van der Waals surface area contributed by atoms with Gasteiger partial charge in [-0.25, -0.2) is 0 Å². The number of hydrogen-bond donors (Lipinski definition) is 1. The van der Waals surface area contributed by atoms with Crippen molar-refractivity contribution in [2.24, 2.45) is 17.3 Å². The SMILES string of the molecule is [2H]Oc1c([2H])c([2H])c(C(C)(CCN(C)CC)C2([O+]([2H])[2H])CCC(C)C(C)(C)C2C)c([2H])c1C. The Labute approximate surface area is 175 Å². The molecule has 0 saturated heterocycles. The molecule has 0 aliphatic heterocycles. The Morgan fingerprint density at radius 2 is 2.15 bits per heavy atom. The van der Waals surface area contributed by atoms with Crippen LogP contribution in [0.3, 0.4) is 0 Å². The zero-order chi connectivity index (χ0) is 25.5. The molecule has 1 aromatic rings. The van der Waals surface area contributed by atoms with E-state index in [1.807, 2.05) is 19.1 Å². The third-order valence-electron chi connectivity index (χ3n) is 8.01. The lowest BCUT2D eigenvalue weighted by Crippen LogP contribution is -2.62. The first-order valence-corrected chi connectivity index (χ1v) is 10.3. The molecule has 27 heavy (non-hydrogen) atoms. The lowest BCUT2D eigenvalue weighted by atomic mass is 9.49. The van der Waals surface area contributed by atoms with Gasteiger partial charge in [0, 0.05) is 12.3 Å². The molecule has 0 bridgehead atoms. The molecule has 0 amide bonds. The van der Waals surface area contributed by atoms with Gasteiger partial charge >= 0.3 is 2.86 Å². The van der Waals surface area contributed by atoms with Crippen LogP contribution in [0, 0.1) is 24.2 Å². The zero-order valence-electron chi connectivity index (χ0n) is 24.5. The van der Waals surface area contributed by atoms with E-state index >= 15 is 0 Å². The van der Waals surface area contributed by atoms with Crippen molar-refractivity contribution in [2.75, 3.05) is 20.1 Å². The molecule has 1 aromatic carbocycles. The Kier molecular flexibility index (Phi) is 4.27. The highest BCUT2D eigenvalue weighted by molar-refractivity contribution is 5.40. The topological polar surface area (TPSA) is 46.4 Å². The van der Waals surface area contributed by atoms with Gasteiger partial charge in [0.25, 0.3) is 1.43 Å².